The lowest BCUT2D eigenvalue weighted by atomic mass is 9.83. The molecule has 2 aliphatic carbocycles. The van der Waals surface area contributed by atoms with Crippen LogP contribution in [-0.2, 0) is 42.7 Å². The quantitative estimate of drug-likeness (QED) is 0.0811. The fraction of sp³-hybridized carbons (Fsp3) is 0.839. The van der Waals surface area contributed by atoms with Crippen LogP contribution in [0.1, 0.15) is 19.8 Å². The Morgan fingerprint density at radius 2 is 1.43 bits per heavy atom. The fourth-order valence-electron chi connectivity index (χ4n) is 8.48. The molecule has 2 saturated carbocycles. The van der Waals surface area contributed by atoms with Gasteiger partial charge in [-0.2, -0.15) is 0 Å². The van der Waals surface area contributed by atoms with Crippen molar-refractivity contribution in [2.24, 2.45) is 29.6 Å². The number of hydrogen-bond donors (Lipinski definition) is 9. The summed E-state index contributed by atoms with van der Waals surface area (Å²) in [5, 5.41) is 91.3. The summed E-state index contributed by atoms with van der Waals surface area (Å²) in [5.74, 6) is -2.79. The van der Waals surface area contributed by atoms with E-state index in [1.54, 1.807) is 6.08 Å². The third-order valence-corrected chi connectivity index (χ3v) is 11.3. The molecule has 9 N–H and O–H groups in total. The van der Waals surface area contributed by atoms with Gasteiger partial charge in [0.2, 0.25) is 12.6 Å². The standard InChI is InChI=1S/C31H44O18/c1-10-2-3-11-13(8-43-27(16(10)11)47-29-22(39)20(37)18(35)14(6-32)44-29)26(41)46-24-12-4-5-42-28(17(12)31(9-34)25(24)49-31)48-30-23(40)21(38)19(36)15(7-33)45-30/h4-5,8,10-12,14-25,27-30,32-40H,2-3,6-7,9H2,1H3/t10?,11?,12?,14?,15?,16?,17?,18?,19?,20?,21?,22?,23?,24-,25-,27-,28-,29?,30?,31+/m0/s1. The van der Waals surface area contributed by atoms with Gasteiger partial charge >= 0.3 is 5.97 Å². The number of fused-ring (bicyclic) bond motifs is 4. The van der Waals surface area contributed by atoms with Gasteiger partial charge in [-0.25, -0.2) is 4.79 Å². The Hall–Kier alpha value is -2.01. The summed E-state index contributed by atoms with van der Waals surface area (Å²) < 4.78 is 46.4. The van der Waals surface area contributed by atoms with Gasteiger partial charge in [0.25, 0.3) is 0 Å². The first-order chi connectivity index (χ1) is 23.4. The van der Waals surface area contributed by atoms with Crippen molar-refractivity contribution < 1.29 is 88.6 Å². The van der Waals surface area contributed by atoms with Gasteiger partial charge in [-0.3, -0.25) is 0 Å². The molecule has 0 aromatic heterocycles. The van der Waals surface area contributed by atoms with E-state index in [9.17, 15) is 50.8 Å². The molecule has 18 heteroatoms. The number of epoxide rings is 1. The summed E-state index contributed by atoms with van der Waals surface area (Å²) in [6.07, 6.45) is -13.5. The van der Waals surface area contributed by atoms with Gasteiger partial charge < -0.3 is 83.9 Å². The molecule has 49 heavy (non-hydrogen) atoms. The molecule has 0 aromatic rings. The van der Waals surface area contributed by atoms with Crippen LogP contribution in [-0.4, -0.2) is 164 Å². The van der Waals surface area contributed by atoms with Crippen molar-refractivity contribution >= 4 is 5.97 Å². The van der Waals surface area contributed by atoms with Crippen LogP contribution in [0.25, 0.3) is 0 Å². The normalized spacial score (nSPS) is 53.0. The second-order valence-corrected chi connectivity index (χ2v) is 13.9. The second-order valence-electron chi connectivity index (χ2n) is 13.9. The predicted octanol–water partition coefficient (Wildman–Crippen LogP) is -4.32. The summed E-state index contributed by atoms with van der Waals surface area (Å²) in [6.45, 7) is 0.196. The number of rotatable bonds is 9. The molecule has 5 aliphatic heterocycles. The maximum atomic E-state index is 13.8. The molecule has 15 unspecified atom stereocenters. The minimum absolute atomic E-state index is 0.000182. The van der Waals surface area contributed by atoms with Crippen LogP contribution in [0.3, 0.4) is 0 Å². The third kappa shape index (κ3) is 5.79. The fourth-order valence-corrected chi connectivity index (χ4v) is 8.48. The smallest absolute Gasteiger partial charge is 0.337 e. The molecule has 5 heterocycles. The highest BCUT2D eigenvalue weighted by Crippen LogP contribution is 2.61. The molecule has 18 nitrogen and oxygen atoms in total. The van der Waals surface area contributed by atoms with Crippen LogP contribution >= 0.6 is 0 Å². The van der Waals surface area contributed by atoms with Crippen LogP contribution in [0.2, 0.25) is 0 Å². The number of aliphatic hydroxyl groups is 9. The Morgan fingerprint density at radius 1 is 0.816 bits per heavy atom. The van der Waals surface area contributed by atoms with Crippen LogP contribution < -0.4 is 0 Å². The lowest BCUT2D eigenvalue weighted by molar-refractivity contribution is -0.344. The molecule has 20 atom stereocenters. The predicted molar refractivity (Wildman–Crippen MR) is 154 cm³/mol. The molecular formula is C31H44O18. The van der Waals surface area contributed by atoms with E-state index in [2.05, 4.69) is 0 Å². The highest BCUT2D eigenvalue weighted by Gasteiger charge is 2.77. The Kier molecular flexibility index (Phi) is 9.76. The SMILES string of the molecule is CC1CCC2C(C(=O)O[C@H]3C4C=CO[C@@H](OC5OC(CO)C(O)C(O)C5O)C4[C@@]4(CO)O[C@@H]34)=CO[C@@H](OC3OC(CO)C(O)C(O)C3O)C12. The van der Waals surface area contributed by atoms with Crippen molar-refractivity contribution in [3.8, 4) is 0 Å². The Labute approximate surface area is 279 Å². The van der Waals surface area contributed by atoms with Gasteiger partial charge in [0.1, 0.15) is 66.6 Å². The van der Waals surface area contributed by atoms with Gasteiger partial charge in [0, 0.05) is 17.8 Å². The Bertz CT molecular complexity index is 1280. The summed E-state index contributed by atoms with van der Waals surface area (Å²) >= 11 is 0. The number of hydrogen-bond acceptors (Lipinski definition) is 18. The molecule has 3 saturated heterocycles. The summed E-state index contributed by atoms with van der Waals surface area (Å²) in [4.78, 5) is 13.8. The van der Waals surface area contributed by atoms with Crippen molar-refractivity contribution in [2.75, 3.05) is 19.8 Å². The van der Waals surface area contributed by atoms with E-state index >= 15 is 0 Å². The third-order valence-electron chi connectivity index (χ3n) is 11.3. The molecular weight excluding hydrogens is 660 g/mol. The maximum Gasteiger partial charge on any atom is 0.337 e. The summed E-state index contributed by atoms with van der Waals surface area (Å²) in [7, 11) is 0. The highest BCUT2D eigenvalue weighted by molar-refractivity contribution is 5.89. The van der Waals surface area contributed by atoms with E-state index in [1.165, 1.54) is 12.5 Å². The monoisotopic (exact) mass is 704 g/mol. The molecule has 7 rings (SSSR count). The topological polar surface area (TPSA) is 276 Å². The van der Waals surface area contributed by atoms with Gasteiger partial charge in [-0.1, -0.05) is 6.92 Å². The number of esters is 1. The first-order valence-corrected chi connectivity index (χ1v) is 16.5. The lowest BCUT2D eigenvalue weighted by Gasteiger charge is -2.43. The van der Waals surface area contributed by atoms with Crippen molar-refractivity contribution in [2.45, 2.75) is 112 Å². The molecule has 7 aliphatic rings. The van der Waals surface area contributed by atoms with E-state index in [1.807, 2.05) is 6.92 Å². The molecule has 276 valence electrons. The van der Waals surface area contributed by atoms with E-state index in [4.69, 9.17) is 37.9 Å². The van der Waals surface area contributed by atoms with Crippen LogP contribution in [0.4, 0.5) is 0 Å². The van der Waals surface area contributed by atoms with E-state index in [0.717, 1.165) is 0 Å². The zero-order valence-electron chi connectivity index (χ0n) is 26.4. The second kappa shape index (κ2) is 13.5. The van der Waals surface area contributed by atoms with E-state index in [-0.39, 0.29) is 23.3 Å². The van der Waals surface area contributed by atoms with Crippen molar-refractivity contribution in [1.29, 1.82) is 0 Å². The minimum Gasteiger partial charge on any atom is -0.472 e. The summed E-state index contributed by atoms with van der Waals surface area (Å²) in [6, 6.07) is 0. The minimum atomic E-state index is -1.70. The van der Waals surface area contributed by atoms with Crippen molar-refractivity contribution in [3.05, 3.63) is 24.2 Å². The van der Waals surface area contributed by atoms with Crippen LogP contribution in [0.5, 0.6) is 0 Å². The molecule has 0 amide bonds. The zero-order chi connectivity index (χ0) is 34.9. The molecule has 0 aromatic carbocycles. The van der Waals surface area contributed by atoms with E-state index in [0.29, 0.717) is 12.8 Å². The summed E-state index contributed by atoms with van der Waals surface area (Å²) in [5.41, 5.74) is -0.988. The van der Waals surface area contributed by atoms with Crippen LogP contribution in [0.15, 0.2) is 24.2 Å². The molecule has 5 fully saturated rings. The molecule has 0 spiro atoms. The zero-order valence-corrected chi connectivity index (χ0v) is 26.4. The highest BCUT2D eigenvalue weighted by atomic mass is 16.8. The van der Waals surface area contributed by atoms with Crippen LogP contribution in [0, 0.1) is 29.6 Å². The average Bonchev–Trinajstić information content (AvgIpc) is 3.62. The maximum absolute atomic E-state index is 13.8. The number of aliphatic hydroxyl groups excluding tert-OH is 9. The van der Waals surface area contributed by atoms with E-state index < -0.39 is 129 Å². The van der Waals surface area contributed by atoms with Crippen molar-refractivity contribution in [3.63, 3.8) is 0 Å². The first kappa shape index (κ1) is 35.4. The van der Waals surface area contributed by atoms with Gasteiger partial charge in [-0.15, -0.1) is 0 Å². The number of ether oxygens (including phenoxy) is 8. The van der Waals surface area contributed by atoms with Gasteiger partial charge in [0.15, 0.2) is 12.6 Å². The molecule has 0 radical (unpaired) electrons. The molecule has 0 bridgehead atoms. The number of carbonyl (C=O) groups is 1. The number of carbonyl (C=O) groups excluding carboxylic acids is 1. The van der Waals surface area contributed by atoms with Gasteiger partial charge in [-0.05, 0) is 24.8 Å². The van der Waals surface area contributed by atoms with Gasteiger partial charge in [0.05, 0.1) is 43.8 Å². The average molecular weight is 705 g/mol. The largest absolute Gasteiger partial charge is 0.472 e. The van der Waals surface area contributed by atoms with Crippen molar-refractivity contribution in [1.82, 2.24) is 0 Å². The Morgan fingerprint density at radius 3 is 2.02 bits per heavy atom. The lowest BCUT2D eigenvalue weighted by Crippen LogP contribution is -2.60. The first-order valence-electron chi connectivity index (χ1n) is 16.5. The Balaban J connectivity index is 1.05.